The Hall–Kier alpha value is 0.194. The van der Waals surface area contributed by atoms with Gasteiger partial charge < -0.3 is 26.6 Å². The topological polar surface area (TPSA) is 55.4 Å². The molecule has 6 nitrogen and oxygen atoms in total. The zero-order valence-electron chi connectivity index (χ0n) is 15.0. The van der Waals surface area contributed by atoms with Crippen molar-refractivity contribution in [3.63, 3.8) is 0 Å². The fourth-order valence-electron chi connectivity index (χ4n) is 1.77. The van der Waals surface area contributed by atoms with Crippen LogP contribution in [0.3, 0.4) is 0 Å². The highest BCUT2D eigenvalue weighted by Gasteiger charge is 2.37. The summed E-state index contributed by atoms with van der Waals surface area (Å²) in [7, 11) is 0.381. The van der Waals surface area contributed by atoms with E-state index >= 15 is 0 Å². The van der Waals surface area contributed by atoms with Gasteiger partial charge in [-0.05, 0) is 20.8 Å². The summed E-state index contributed by atoms with van der Waals surface area (Å²) >= 11 is 0. The van der Waals surface area contributed by atoms with Crippen molar-refractivity contribution in [2.24, 2.45) is 0 Å². The smallest absolute Gasteiger partial charge is 0.377 e. The van der Waals surface area contributed by atoms with Crippen molar-refractivity contribution in [2.75, 3.05) is 41.2 Å². The molecule has 0 spiro atoms. The van der Waals surface area contributed by atoms with Gasteiger partial charge in [0.1, 0.15) is 0 Å². The molecule has 0 aromatic rings. The monoisotopic (exact) mass is 342 g/mol. The van der Waals surface area contributed by atoms with Gasteiger partial charge in [-0.2, -0.15) is 0 Å². The van der Waals surface area contributed by atoms with Gasteiger partial charge in [0.05, 0.1) is 0 Å². The summed E-state index contributed by atoms with van der Waals surface area (Å²) in [5, 5.41) is 0. The van der Waals surface area contributed by atoms with Crippen molar-refractivity contribution < 1.29 is 26.6 Å². The maximum Gasteiger partial charge on any atom is 0.500 e. The van der Waals surface area contributed by atoms with E-state index in [1.54, 1.807) is 21.3 Å². The van der Waals surface area contributed by atoms with Gasteiger partial charge in [-0.25, -0.2) is 0 Å². The maximum absolute atomic E-state index is 5.55. The zero-order valence-corrected chi connectivity index (χ0v) is 17.0. The average molecular weight is 343 g/mol. The van der Waals surface area contributed by atoms with Crippen LogP contribution in [0.1, 0.15) is 34.6 Å². The van der Waals surface area contributed by atoms with Gasteiger partial charge >= 0.3 is 17.6 Å². The predicted molar refractivity (Wildman–Crippen MR) is 88.4 cm³/mol. The molecule has 0 radical (unpaired) electrons. The Balaban J connectivity index is 0. The first-order valence-electron chi connectivity index (χ1n) is 7.56. The van der Waals surface area contributed by atoms with E-state index in [1.807, 2.05) is 34.6 Å². The molecule has 0 rings (SSSR count). The van der Waals surface area contributed by atoms with Crippen LogP contribution in [0.2, 0.25) is 12.1 Å². The normalized spacial score (nSPS) is 12.0. The lowest BCUT2D eigenvalue weighted by Crippen LogP contribution is -2.45. The molecular formula is C13H34O6Si2. The lowest BCUT2D eigenvalue weighted by atomic mass is 10.9. The second-order valence-corrected chi connectivity index (χ2v) is 10.2. The lowest BCUT2D eigenvalue weighted by molar-refractivity contribution is 0.0725. The van der Waals surface area contributed by atoms with Gasteiger partial charge in [0.15, 0.2) is 0 Å². The molecule has 21 heavy (non-hydrogen) atoms. The van der Waals surface area contributed by atoms with E-state index in [2.05, 4.69) is 0 Å². The minimum absolute atomic E-state index is 0.667. The highest BCUT2D eigenvalue weighted by Crippen LogP contribution is 2.14. The molecule has 0 heterocycles. The largest absolute Gasteiger partial charge is 0.500 e. The number of rotatable bonds is 11. The molecule has 0 aliphatic carbocycles. The molecule has 0 bridgehead atoms. The highest BCUT2D eigenvalue weighted by atomic mass is 28.4. The summed E-state index contributed by atoms with van der Waals surface area (Å²) in [6, 6.07) is 1.67. The van der Waals surface area contributed by atoms with Crippen molar-refractivity contribution in [2.45, 2.75) is 46.7 Å². The first kappa shape index (κ1) is 23.5. The summed E-state index contributed by atoms with van der Waals surface area (Å²) in [6.45, 7) is 11.9. The molecule has 0 unspecified atom stereocenters. The Kier molecular flexibility index (Phi) is 15.4. The van der Waals surface area contributed by atoms with Crippen molar-refractivity contribution in [3.05, 3.63) is 0 Å². The fraction of sp³-hybridized carbons (Fsp3) is 1.00. The Bertz CT molecular complexity index is 192. The van der Waals surface area contributed by atoms with Crippen molar-refractivity contribution in [1.29, 1.82) is 0 Å². The Morgan fingerprint density at radius 3 is 0.905 bits per heavy atom. The van der Waals surface area contributed by atoms with Gasteiger partial charge in [0, 0.05) is 53.2 Å². The SMILES string of the molecule is CCO[Si](CC)(OCC)OCC.CC[Si](OC)(OC)OC. The molecule has 0 atom stereocenters. The van der Waals surface area contributed by atoms with E-state index in [1.165, 1.54) is 0 Å². The number of hydrogen-bond donors (Lipinski definition) is 0. The van der Waals surface area contributed by atoms with Gasteiger partial charge in [-0.1, -0.05) is 13.8 Å². The molecule has 0 amide bonds. The first-order chi connectivity index (χ1) is 9.99. The lowest BCUT2D eigenvalue weighted by Gasteiger charge is -2.26. The average Bonchev–Trinajstić information content (AvgIpc) is 2.51. The molecule has 0 saturated heterocycles. The Morgan fingerprint density at radius 2 is 0.810 bits per heavy atom. The Labute approximate surface area is 132 Å². The van der Waals surface area contributed by atoms with Crippen molar-refractivity contribution in [1.82, 2.24) is 0 Å². The fourth-order valence-corrected chi connectivity index (χ4v) is 5.32. The van der Waals surface area contributed by atoms with Gasteiger partial charge in [0.2, 0.25) is 0 Å². The van der Waals surface area contributed by atoms with Crippen LogP contribution in [0.25, 0.3) is 0 Å². The van der Waals surface area contributed by atoms with Crippen LogP contribution in [-0.2, 0) is 26.6 Å². The summed E-state index contributed by atoms with van der Waals surface area (Å²) in [4.78, 5) is 0. The van der Waals surface area contributed by atoms with Gasteiger partial charge in [-0.15, -0.1) is 0 Å². The van der Waals surface area contributed by atoms with Crippen molar-refractivity contribution >= 4 is 17.6 Å². The standard InChI is InChI=1S/C8H20O3Si.C5H14O3Si/c1-5-9-12(8-4,10-6-2)11-7-3;1-5-9(6-2,7-3)8-4/h5-8H2,1-4H3;5H2,1-4H3. The zero-order chi connectivity index (χ0) is 16.8. The first-order valence-corrected chi connectivity index (χ1v) is 11.4. The van der Waals surface area contributed by atoms with Crippen LogP contribution < -0.4 is 0 Å². The molecule has 0 aromatic carbocycles. The molecule has 0 fully saturated rings. The van der Waals surface area contributed by atoms with Crippen LogP contribution in [0.15, 0.2) is 0 Å². The van der Waals surface area contributed by atoms with Gasteiger partial charge in [-0.3, -0.25) is 0 Å². The Morgan fingerprint density at radius 1 is 0.524 bits per heavy atom. The molecule has 0 aromatic heterocycles. The summed E-state index contributed by atoms with van der Waals surface area (Å²) < 4.78 is 31.9. The molecule has 0 N–H and O–H groups in total. The van der Waals surface area contributed by atoms with Crippen LogP contribution in [-0.4, -0.2) is 58.8 Å². The molecule has 130 valence electrons. The molecule has 8 heteroatoms. The van der Waals surface area contributed by atoms with Crippen LogP contribution >= 0.6 is 0 Å². The van der Waals surface area contributed by atoms with Crippen molar-refractivity contribution in [3.8, 4) is 0 Å². The summed E-state index contributed by atoms with van der Waals surface area (Å²) in [6.07, 6.45) is 0. The summed E-state index contributed by atoms with van der Waals surface area (Å²) in [5.74, 6) is 0. The second kappa shape index (κ2) is 13.8. The van der Waals surface area contributed by atoms with Crippen LogP contribution in [0.5, 0.6) is 0 Å². The molecule has 0 aliphatic heterocycles. The van der Waals surface area contributed by atoms with E-state index in [9.17, 15) is 0 Å². The minimum Gasteiger partial charge on any atom is -0.377 e. The quantitative estimate of drug-likeness (QED) is 0.538. The van der Waals surface area contributed by atoms with Crippen LogP contribution in [0, 0.1) is 0 Å². The third-order valence-electron chi connectivity index (χ3n) is 2.89. The number of hydrogen-bond acceptors (Lipinski definition) is 6. The maximum atomic E-state index is 5.55. The molecule has 0 aliphatic rings. The van der Waals surface area contributed by atoms with E-state index in [0.717, 1.165) is 12.1 Å². The third-order valence-corrected chi connectivity index (χ3v) is 8.68. The van der Waals surface area contributed by atoms with E-state index < -0.39 is 17.6 Å². The highest BCUT2D eigenvalue weighted by molar-refractivity contribution is 6.60. The van der Waals surface area contributed by atoms with E-state index in [-0.39, 0.29) is 0 Å². The molecule has 0 saturated carbocycles. The molecular weight excluding hydrogens is 308 g/mol. The van der Waals surface area contributed by atoms with E-state index in [0.29, 0.717) is 19.8 Å². The summed E-state index contributed by atoms with van der Waals surface area (Å²) in [5.41, 5.74) is 0. The van der Waals surface area contributed by atoms with E-state index in [4.69, 9.17) is 26.6 Å². The third kappa shape index (κ3) is 9.04. The van der Waals surface area contributed by atoms with Crippen LogP contribution in [0.4, 0.5) is 0 Å². The second-order valence-electron chi connectivity index (χ2n) is 3.98. The minimum atomic E-state index is -2.27. The predicted octanol–water partition coefficient (Wildman–Crippen LogP) is 2.94. The van der Waals surface area contributed by atoms with Gasteiger partial charge in [0.25, 0.3) is 0 Å².